The van der Waals surface area contributed by atoms with Crippen LogP contribution in [-0.4, -0.2) is 61.5 Å². The number of aryl methyl sites for hydroxylation is 1. The molecule has 2 rings (SSSR count). The predicted molar refractivity (Wildman–Crippen MR) is 81.9 cm³/mol. The number of ether oxygens (including phenoxy) is 2. The van der Waals surface area contributed by atoms with Gasteiger partial charge in [-0.05, 0) is 18.8 Å². The van der Waals surface area contributed by atoms with Crippen LogP contribution in [0.4, 0.5) is 5.69 Å². The lowest BCUT2D eigenvalue weighted by atomic mass is 9.95. The fourth-order valence-electron chi connectivity index (χ4n) is 2.68. The Labute approximate surface area is 134 Å². The molecule has 0 spiro atoms. The summed E-state index contributed by atoms with van der Waals surface area (Å²) in [6.45, 7) is 1.17. The minimum absolute atomic E-state index is 0.0539. The number of methoxy groups -OCH3 is 1. The lowest BCUT2D eigenvalue weighted by Gasteiger charge is -2.29. The number of aromatic nitrogens is 2. The van der Waals surface area contributed by atoms with Gasteiger partial charge in [-0.3, -0.25) is 9.40 Å². The van der Waals surface area contributed by atoms with Gasteiger partial charge in [0.05, 0.1) is 18.1 Å². The van der Waals surface area contributed by atoms with Crippen molar-refractivity contribution in [1.29, 1.82) is 0 Å². The molecule has 0 saturated carbocycles. The van der Waals surface area contributed by atoms with Crippen molar-refractivity contribution in [2.45, 2.75) is 18.9 Å². The number of carboxylic acids is 1. The molecule has 1 unspecified atom stereocenters. The Morgan fingerprint density at radius 2 is 2.22 bits per heavy atom. The summed E-state index contributed by atoms with van der Waals surface area (Å²) in [6, 6.07) is 0. The van der Waals surface area contributed by atoms with Crippen molar-refractivity contribution in [1.82, 2.24) is 9.78 Å². The van der Waals surface area contributed by atoms with E-state index in [2.05, 4.69) is 9.82 Å². The molecule has 2 N–H and O–H groups in total. The molecule has 1 atom stereocenters. The SMILES string of the molecule is COC(CS(=O)(=O)Nc1cnn(C)c1C(=O)O)C1CCOCC1. The van der Waals surface area contributed by atoms with Gasteiger partial charge in [0.1, 0.15) is 5.69 Å². The lowest BCUT2D eigenvalue weighted by molar-refractivity contribution is -0.00318. The van der Waals surface area contributed by atoms with Crippen LogP contribution in [0.3, 0.4) is 0 Å². The Bertz CT molecular complexity index is 651. The second-order valence-corrected chi connectivity index (χ2v) is 7.21. The average molecular weight is 347 g/mol. The normalized spacial score (nSPS) is 17.8. The molecule has 0 amide bonds. The van der Waals surface area contributed by atoms with Gasteiger partial charge >= 0.3 is 5.97 Å². The molecule has 0 bridgehead atoms. The topological polar surface area (TPSA) is 120 Å². The molecule has 2 heterocycles. The van der Waals surface area contributed by atoms with Gasteiger partial charge in [-0.15, -0.1) is 0 Å². The molecule has 1 saturated heterocycles. The van der Waals surface area contributed by atoms with Gasteiger partial charge in [-0.1, -0.05) is 0 Å². The van der Waals surface area contributed by atoms with Gasteiger partial charge in [0.25, 0.3) is 0 Å². The number of carbonyl (C=O) groups is 1. The van der Waals surface area contributed by atoms with E-state index >= 15 is 0 Å². The molecular weight excluding hydrogens is 326 g/mol. The maximum absolute atomic E-state index is 12.3. The monoisotopic (exact) mass is 347 g/mol. The minimum Gasteiger partial charge on any atom is -0.476 e. The summed E-state index contributed by atoms with van der Waals surface area (Å²) in [4.78, 5) is 11.2. The molecule has 130 valence electrons. The Balaban J connectivity index is 2.10. The fraction of sp³-hybridized carbons (Fsp3) is 0.692. The summed E-state index contributed by atoms with van der Waals surface area (Å²) in [5, 5.41) is 12.9. The van der Waals surface area contributed by atoms with Crippen molar-refractivity contribution >= 4 is 21.7 Å². The van der Waals surface area contributed by atoms with Crippen LogP contribution in [-0.2, 0) is 26.5 Å². The summed E-state index contributed by atoms with van der Waals surface area (Å²) in [5.41, 5.74) is -0.268. The van der Waals surface area contributed by atoms with Gasteiger partial charge in [0.2, 0.25) is 10.0 Å². The number of hydrogen-bond donors (Lipinski definition) is 2. The zero-order valence-electron chi connectivity index (χ0n) is 13.1. The number of hydrogen-bond acceptors (Lipinski definition) is 6. The number of sulfonamides is 1. The van der Waals surface area contributed by atoms with Crippen molar-refractivity contribution in [3.05, 3.63) is 11.9 Å². The fourth-order valence-corrected chi connectivity index (χ4v) is 4.08. The van der Waals surface area contributed by atoms with Crippen molar-refractivity contribution in [3.8, 4) is 0 Å². The predicted octanol–water partition coefficient (Wildman–Crippen LogP) is 0.302. The Morgan fingerprint density at radius 1 is 1.57 bits per heavy atom. The Kier molecular flexibility index (Phi) is 5.60. The third-order valence-corrected chi connectivity index (χ3v) is 5.18. The molecular formula is C13H21N3O6S. The van der Waals surface area contributed by atoms with Crippen LogP contribution in [0.2, 0.25) is 0 Å². The number of nitrogens with one attached hydrogen (secondary N) is 1. The molecule has 9 nitrogen and oxygen atoms in total. The molecule has 0 aliphatic carbocycles. The molecule has 1 aliphatic rings. The van der Waals surface area contributed by atoms with Gasteiger partial charge in [-0.2, -0.15) is 5.10 Å². The lowest BCUT2D eigenvalue weighted by Crippen LogP contribution is -2.36. The molecule has 23 heavy (non-hydrogen) atoms. The molecule has 10 heteroatoms. The van der Waals surface area contributed by atoms with Crippen LogP contribution < -0.4 is 4.72 Å². The van der Waals surface area contributed by atoms with Crippen LogP contribution in [0.25, 0.3) is 0 Å². The van der Waals surface area contributed by atoms with Crippen LogP contribution in [0.5, 0.6) is 0 Å². The molecule has 0 aromatic carbocycles. The number of anilines is 1. The zero-order chi connectivity index (χ0) is 17.0. The quantitative estimate of drug-likeness (QED) is 0.728. The molecule has 1 aliphatic heterocycles. The highest BCUT2D eigenvalue weighted by Gasteiger charge is 2.30. The first-order chi connectivity index (χ1) is 10.8. The highest BCUT2D eigenvalue weighted by molar-refractivity contribution is 7.92. The van der Waals surface area contributed by atoms with Crippen LogP contribution in [0, 0.1) is 5.92 Å². The van der Waals surface area contributed by atoms with Gasteiger partial charge < -0.3 is 14.6 Å². The number of rotatable bonds is 7. The van der Waals surface area contributed by atoms with E-state index < -0.39 is 22.1 Å². The number of carboxylic acid groups (broad SMARTS) is 1. The van der Waals surface area contributed by atoms with Crippen LogP contribution in [0.15, 0.2) is 6.20 Å². The second kappa shape index (κ2) is 7.28. The summed E-state index contributed by atoms with van der Waals surface area (Å²) >= 11 is 0. The average Bonchev–Trinajstić information content (AvgIpc) is 2.85. The van der Waals surface area contributed by atoms with E-state index in [-0.39, 0.29) is 23.1 Å². The number of aromatic carboxylic acids is 1. The van der Waals surface area contributed by atoms with Gasteiger partial charge in [-0.25, -0.2) is 13.2 Å². The smallest absolute Gasteiger partial charge is 0.356 e. The maximum atomic E-state index is 12.3. The van der Waals surface area contributed by atoms with Crippen molar-refractivity contribution in [3.63, 3.8) is 0 Å². The highest BCUT2D eigenvalue weighted by atomic mass is 32.2. The third-order valence-electron chi connectivity index (χ3n) is 3.88. The van der Waals surface area contributed by atoms with Crippen molar-refractivity contribution in [2.24, 2.45) is 13.0 Å². The van der Waals surface area contributed by atoms with Gasteiger partial charge in [0.15, 0.2) is 5.69 Å². The van der Waals surface area contributed by atoms with Crippen LogP contribution >= 0.6 is 0 Å². The minimum atomic E-state index is -3.77. The third kappa shape index (κ3) is 4.43. The van der Waals surface area contributed by atoms with E-state index in [1.165, 1.54) is 20.4 Å². The van der Waals surface area contributed by atoms with Crippen molar-refractivity contribution < 1.29 is 27.8 Å². The van der Waals surface area contributed by atoms with E-state index in [9.17, 15) is 13.2 Å². The summed E-state index contributed by atoms with van der Waals surface area (Å²) in [5.74, 6) is -1.41. The summed E-state index contributed by atoms with van der Waals surface area (Å²) in [6.07, 6.45) is 2.18. The van der Waals surface area contributed by atoms with E-state index in [0.717, 1.165) is 17.5 Å². The first kappa shape index (κ1) is 17.7. The van der Waals surface area contributed by atoms with Crippen molar-refractivity contribution in [2.75, 3.05) is 30.8 Å². The van der Waals surface area contributed by atoms with E-state index in [1.807, 2.05) is 0 Å². The molecule has 1 aromatic heterocycles. The highest BCUT2D eigenvalue weighted by Crippen LogP contribution is 2.23. The Hall–Kier alpha value is -1.65. The largest absolute Gasteiger partial charge is 0.476 e. The molecule has 1 fully saturated rings. The Morgan fingerprint density at radius 3 is 2.78 bits per heavy atom. The second-order valence-electron chi connectivity index (χ2n) is 5.44. The van der Waals surface area contributed by atoms with E-state index in [1.54, 1.807) is 0 Å². The van der Waals surface area contributed by atoms with E-state index in [4.69, 9.17) is 14.6 Å². The standard InChI is InChI=1S/C13H21N3O6S/c1-16-12(13(17)18)10(7-14-16)15-23(19,20)8-11(21-2)9-3-5-22-6-4-9/h7,9,11,15H,3-6,8H2,1-2H3,(H,17,18). The first-order valence-corrected chi connectivity index (χ1v) is 8.85. The molecule has 0 radical (unpaired) electrons. The summed E-state index contributed by atoms with van der Waals surface area (Å²) < 4.78 is 38.7. The first-order valence-electron chi connectivity index (χ1n) is 7.20. The molecule has 1 aromatic rings. The number of nitrogens with zero attached hydrogens (tertiary/aromatic N) is 2. The van der Waals surface area contributed by atoms with Gasteiger partial charge in [0, 0.05) is 27.4 Å². The van der Waals surface area contributed by atoms with E-state index in [0.29, 0.717) is 13.2 Å². The van der Waals surface area contributed by atoms with Crippen LogP contribution in [0.1, 0.15) is 23.3 Å². The zero-order valence-corrected chi connectivity index (χ0v) is 13.9. The maximum Gasteiger partial charge on any atom is 0.356 e. The summed E-state index contributed by atoms with van der Waals surface area (Å²) in [7, 11) is -0.864.